The second kappa shape index (κ2) is 6.91. The molecule has 2 N–H and O–H groups in total. The summed E-state index contributed by atoms with van der Waals surface area (Å²) >= 11 is 0. The molecule has 4 heteroatoms. The highest BCUT2D eigenvalue weighted by Gasteiger charge is 2.24. The number of hydrogen-bond donors (Lipinski definition) is 2. The highest BCUT2D eigenvalue weighted by atomic mass is 16.5. The first kappa shape index (κ1) is 16.0. The lowest BCUT2D eigenvalue weighted by atomic mass is 9.97. The Kier molecular flexibility index (Phi) is 5.53. The van der Waals surface area contributed by atoms with Crippen LogP contribution in [0.3, 0.4) is 0 Å². The molecule has 0 bridgehead atoms. The Morgan fingerprint density at radius 2 is 2.00 bits per heavy atom. The van der Waals surface area contributed by atoms with E-state index < -0.39 is 5.60 Å². The van der Waals surface area contributed by atoms with Crippen molar-refractivity contribution in [3.63, 3.8) is 0 Å². The second-order valence-corrected chi connectivity index (χ2v) is 4.92. The molecule has 0 fully saturated rings. The highest BCUT2D eigenvalue weighted by molar-refractivity contribution is 6.01. The van der Waals surface area contributed by atoms with Gasteiger partial charge in [-0.2, -0.15) is 0 Å². The van der Waals surface area contributed by atoms with E-state index in [0.29, 0.717) is 24.5 Å². The summed E-state index contributed by atoms with van der Waals surface area (Å²) in [6.07, 6.45) is 1.64. The quantitative estimate of drug-likeness (QED) is 0.434. The summed E-state index contributed by atoms with van der Waals surface area (Å²) in [6, 6.07) is 6.71. The smallest absolute Gasteiger partial charge is 0.193 e. The van der Waals surface area contributed by atoms with Gasteiger partial charge < -0.3 is 15.2 Å². The zero-order chi connectivity index (χ0) is 15.2. The van der Waals surface area contributed by atoms with E-state index in [0.717, 1.165) is 5.70 Å². The minimum atomic E-state index is -1.36. The maximum atomic E-state index is 11.8. The maximum Gasteiger partial charge on any atom is 0.193 e. The van der Waals surface area contributed by atoms with E-state index in [2.05, 4.69) is 18.5 Å². The van der Waals surface area contributed by atoms with Gasteiger partial charge >= 0.3 is 0 Å². The molecule has 0 aliphatic rings. The highest BCUT2D eigenvalue weighted by Crippen LogP contribution is 2.16. The van der Waals surface area contributed by atoms with Crippen molar-refractivity contribution in [2.24, 2.45) is 0 Å². The van der Waals surface area contributed by atoms with Crippen LogP contribution in [0.15, 0.2) is 49.2 Å². The molecule has 0 aliphatic heterocycles. The summed E-state index contributed by atoms with van der Waals surface area (Å²) in [4.78, 5) is 11.8. The van der Waals surface area contributed by atoms with Crippen molar-refractivity contribution >= 4 is 5.78 Å². The van der Waals surface area contributed by atoms with Crippen LogP contribution >= 0.6 is 0 Å². The molecule has 0 aliphatic carbocycles. The third kappa shape index (κ3) is 4.90. The molecule has 0 saturated heterocycles. The van der Waals surface area contributed by atoms with Crippen molar-refractivity contribution in [3.8, 4) is 5.75 Å². The zero-order valence-electron chi connectivity index (χ0n) is 12.0. The Morgan fingerprint density at radius 1 is 1.40 bits per heavy atom. The summed E-state index contributed by atoms with van der Waals surface area (Å²) in [5.74, 6) is 0.358. The molecule has 0 spiro atoms. The van der Waals surface area contributed by atoms with Gasteiger partial charge in [0, 0.05) is 17.8 Å². The third-order valence-corrected chi connectivity index (χ3v) is 2.64. The van der Waals surface area contributed by atoms with Gasteiger partial charge in [-0.3, -0.25) is 4.79 Å². The van der Waals surface area contributed by atoms with E-state index in [4.69, 9.17) is 4.74 Å². The van der Waals surface area contributed by atoms with Gasteiger partial charge in [-0.25, -0.2) is 0 Å². The van der Waals surface area contributed by atoms with Crippen LogP contribution in [0, 0.1) is 0 Å². The van der Waals surface area contributed by atoms with Crippen LogP contribution in [0.4, 0.5) is 0 Å². The van der Waals surface area contributed by atoms with E-state index in [9.17, 15) is 9.90 Å². The van der Waals surface area contributed by atoms with Gasteiger partial charge in [0.15, 0.2) is 5.78 Å². The van der Waals surface area contributed by atoms with Crippen molar-refractivity contribution in [2.75, 3.05) is 13.2 Å². The van der Waals surface area contributed by atoms with E-state index >= 15 is 0 Å². The molecule has 4 nitrogen and oxygen atoms in total. The number of carbonyl (C=O) groups is 1. The van der Waals surface area contributed by atoms with Gasteiger partial charge in [-0.15, -0.1) is 0 Å². The van der Waals surface area contributed by atoms with Crippen molar-refractivity contribution in [2.45, 2.75) is 19.4 Å². The number of hydrogen-bond acceptors (Lipinski definition) is 4. The minimum Gasteiger partial charge on any atom is -0.492 e. The molecule has 0 heterocycles. The van der Waals surface area contributed by atoms with Crippen LogP contribution in [0.5, 0.6) is 5.75 Å². The summed E-state index contributed by atoms with van der Waals surface area (Å²) in [5.41, 5.74) is -0.153. The van der Waals surface area contributed by atoms with E-state index in [1.165, 1.54) is 13.8 Å². The molecule has 0 saturated carbocycles. The van der Waals surface area contributed by atoms with Crippen LogP contribution in [0.2, 0.25) is 0 Å². The molecule has 20 heavy (non-hydrogen) atoms. The lowest BCUT2D eigenvalue weighted by Gasteiger charge is -2.15. The molecule has 0 unspecified atom stereocenters. The minimum absolute atomic E-state index is 0.312. The first-order valence-corrected chi connectivity index (χ1v) is 6.40. The molecular weight excluding hydrogens is 254 g/mol. The topological polar surface area (TPSA) is 58.6 Å². The Morgan fingerprint density at radius 3 is 2.50 bits per heavy atom. The fourth-order valence-corrected chi connectivity index (χ4v) is 1.51. The molecule has 1 aromatic rings. The number of ether oxygens (including phenoxy) is 1. The zero-order valence-corrected chi connectivity index (χ0v) is 12.0. The summed E-state index contributed by atoms with van der Waals surface area (Å²) in [7, 11) is 0. The largest absolute Gasteiger partial charge is 0.492 e. The SMILES string of the molecule is C=CC(=C)NCCOc1ccc(C(=O)C(C)(C)O)cc1. The molecular formula is C16H21NO3. The molecule has 1 aromatic carbocycles. The van der Waals surface area contributed by atoms with E-state index in [1.54, 1.807) is 30.3 Å². The van der Waals surface area contributed by atoms with Gasteiger partial charge in [0.25, 0.3) is 0 Å². The van der Waals surface area contributed by atoms with Crippen LogP contribution in [-0.4, -0.2) is 29.6 Å². The lowest BCUT2D eigenvalue weighted by Crippen LogP contribution is -2.30. The average Bonchev–Trinajstić information content (AvgIpc) is 2.42. The van der Waals surface area contributed by atoms with Crippen LogP contribution in [0.25, 0.3) is 0 Å². The Balaban J connectivity index is 2.49. The monoisotopic (exact) mass is 275 g/mol. The van der Waals surface area contributed by atoms with Crippen LogP contribution in [-0.2, 0) is 0 Å². The normalized spacial score (nSPS) is 10.8. The van der Waals surface area contributed by atoms with Gasteiger partial charge in [-0.05, 0) is 44.2 Å². The molecule has 108 valence electrons. The summed E-state index contributed by atoms with van der Waals surface area (Å²) in [6.45, 7) is 11.4. The summed E-state index contributed by atoms with van der Waals surface area (Å²) < 4.78 is 5.51. The standard InChI is InChI=1S/C16H21NO3/c1-5-12(2)17-10-11-20-14-8-6-13(7-9-14)15(18)16(3,4)19/h5-9,17,19H,1-2,10-11H2,3-4H3. The number of carbonyl (C=O) groups excluding carboxylic acids is 1. The second-order valence-electron chi connectivity index (χ2n) is 4.92. The Labute approximate surface area is 119 Å². The number of Topliss-reactive ketones (excluding diaryl/α,β-unsaturated/α-hetero) is 1. The third-order valence-electron chi connectivity index (χ3n) is 2.64. The molecule has 1 rings (SSSR count). The predicted octanol–water partition coefficient (Wildman–Crippen LogP) is 2.31. The number of nitrogens with one attached hydrogen (secondary N) is 1. The number of rotatable bonds is 8. The van der Waals surface area contributed by atoms with Gasteiger partial charge in [0.2, 0.25) is 0 Å². The molecule has 0 aromatic heterocycles. The first-order valence-electron chi connectivity index (χ1n) is 6.40. The predicted molar refractivity (Wildman–Crippen MR) is 79.9 cm³/mol. The fourth-order valence-electron chi connectivity index (χ4n) is 1.51. The Hall–Kier alpha value is -2.07. The van der Waals surface area contributed by atoms with Crippen LogP contribution < -0.4 is 10.1 Å². The molecule has 0 radical (unpaired) electrons. The number of ketones is 1. The van der Waals surface area contributed by atoms with Gasteiger partial charge in [0.1, 0.15) is 18.0 Å². The van der Waals surface area contributed by atoms with Gasteiger partial charge in [0.05, 0.1) is 0 Å². The first-order chi connectivity index (χ1) is 9.34. The van der Waals surface area contributed by atoms with Crippen molar-refractivity contribution in [1.29, 1.82) is 0 Å². The van der Waals surface area contributed by atoms with Crippen molar-refractivity contribution in [3.05, 3.63) is 54.8 Å². The van der Waals surface area contributed by atoms with E-state index in [-0.39, 0.29) is 5.78 Å². The average molecular weight is 275 g/mol. The van der Waals surface area contributed by atoms with E-state index in [1.807, 2.05) is 0 Å². The number of allylic oxidation sites excluding steroid dienone is 1. The Bertz CT molecular complexity index is 483. The number of benzene rings is 1. The fraction of sp³-hybridized carbons (Fsp3) is 0.312. The van der Waals surface area contributed by atoms with Crippen molar-refractivity contribution < 1.29 is 14.6 Å². The maximum absolute atomic E-state index is 11.8. The summed E-state index contributed by atoms with van der Waals surface area (Å²) in [5, 5.41) is 12.7. The lowest BCUT2D eigenvalue weighted by molar-refractivity contribution is 0.0488. The molecule has 0 amide bonds. The van der Waals surface area contributed by atoms with Crippen molar-refractivity contribution in [1.82, 2.24) is 5.32 Å². The van der Waals surface area contributed by atoms with Crippen LogP contribution in [0.1, 0.15) is 24.2 Å². The number of aliphatic hydroxyl groups is 1. The van der Waals surface area contributed by atoms with Gasteiger partial charge in [-0.1, -0.05) is 13.2 Å². The molecule has 0 atom stereocenters.